The molecule has 4 heterocycles. The van der Waals surface area contributed by atoms with Gasteiger partial charge in [-0.3, -0.25) is 0 Å². The predicted octanol–water partition coefficient (Wildman–Crippen LogP) is 1.60. The molecule has 5 rings (SSSR count). The first kappa shape index (κ1) is 25.6. The number of fused-ring (bicyclic) bond motifs is 2. The van der Waals surface area contributed by atoms with Crippen LogP contribution in [0.4, 0.5) is 5.82 Å². The summed E-state index contributed by atoms with van der Waals surface area (Å²) in [6, 6.07) is 9.36. The van der Waals surface area contributed by atoms with E-state index in [1.165, 1.54) is 6.26 Å². The van der Waals surface area contributed by atoms with Crippen molar-refractivity contribution in [3.63, 3.8) is 0 Å². The molecule has 2 N–H and O–H groups in total. The molecule has 2 aromatic heterocycles. The molecule has 198 valence electrons. The smallest absolute Gasteiger partial charge is 0.211 e. The lowest BCUT2D eigenvalue weighted by Crippen LogP contribution is -2.48. The molecule has 0 amide bonds. The van der Waals surface area contributed by atoms with Crippen molar-refractivity contribution in [2.24, 2.45) is 0 Å². The number of aromatic nitrogens is 3. The van der Waals surface area contributed by atoms with Gasteiger partial charge in [-0.15, -0.1) is 0 Å². The minimum absolute atomic E-state index is 0.0447. The van der Waals surface area contributed by atoms with Crippen molar-refractivity contribution in [1.82, 2.24) is 24.7 Å². The van der Waals surface area contributed by atoms with Gasteiger partial charge in [0.05, 0.1) is 23.2 Å². The van der Waals surface area contributed by atoms with E-state index in [4.69, 9.17) is 19.2 Å². The second kappa shape index (κ2) is 10.0. The molecule has 3 unspecified atom stereocenters. The Hall–Kier alpha value is -3.06. The van der Waals surface area contributed by atoms with Crippen molar-refractivity contribution in [3.8, 4) is 28.4 Å². The summed E-state index contributed by atoms with van der Waals surface area (Å²) < 4.78 is 37.2. The second-order valence-corrected chi connectivity index (χ2v) is 11.6. The summed E-state index contributed by atoms with van der Waals surface area (Å²) in [6.45, 7) is 5.33. The van der Waals surface area contributed by atoms with E-state index in [0.29, 0.717) is 42.7 Å². The molecule has 1 aromatic carbocycles. The molecule has 0 spiro atoms. The fourth-order valence-corrected chi connectivity index (χ4v) is 6.35. The number of hydrogen-bond acceptors (Lipinski definition) is 10. The Kier molecular flexibility index (Phi) is 6.92. The van der Waals surface area contributed by atoms with Crippen LogP contribution < -0.4 is 15.0 Å². The van der Waals surface area contributed by atoms with Crippen LogP contribution in [0, 0.1) is 13.8 Å². The van der Waals surface area contributed by atoms with Crippen molar-refractivity contribution in [1.29, 1.82) is 0 Å². The van der Waals surface area contributed by atoms with Crippen molar-refractivity contribution < 1.29 is 22.8 Å². The predicted molar refractivity (Wildman–Crippen MR) is 139 cm³/mol. The minimum atomic E-state index is -3.25. The number of rotatable bonds is 9. The van der Waals surface area contributed by atoms with Crippen LogP contribution in [0.25, 0.3) is 22.6 Å². The molecule has 0 saturated carbocycles. The maximum atomic E-state index is 12.2. The average molecular weight is 529 g/mol. The van der Waals surface area contributed by atoms with Crippen LogP contribution in [-0.4, -0.2) is 90.7 Å². The van der Waals surface area contributed by atoms with Crippen LogP contribution in [0.3, 0.4) is 0 Å². The fraction of sp³-hybridized carbons (Fsp3) is 0.480. The maximum absolute atomic E-state index is 12.2. The average Bonchev–Trinajstić information content (AvgIpc) is 3.57. The number of ether oxygens (including phenoxy) is 1. The van der Waals surface area contributed by atoms with E-state index >= 15 is 0 Å². The Labute approximate surface area is 216 Å². The van der Waals surface area contributed by atoms with Gasteiger partial charge in [-0.1, -0.05) is 17.3 Å². The van der Waals surface area contributed by atoms with Gasteiger partial charge >= 0.3 is 0 Å². The monoisotopic (exact) mass is 528 g/mol. The molecule has 3 atom stereocenters. The van der Waals surface area contributed by atoms with E-state index in [1.807, 2.05) is 44.2 Å². The van der Waals surface area contributed by atoms with E-state index < -0.39 is 16.1 Å². The Bertz CT molecular complexity index is 1370. The number of sulfonamides is 1. The first-order valence-electron chi connectivity index (χ1n) is 12.3. The number of nitrogens with one attached hydrogen (secondary N) is 1. The first-order valence-corrected chi connectivity index (χ1v) is 14.1. The lowest BCUT2D eigenvalue weighted by atomic mass is 10.1. The zero-order valence-corrected chi connectivity index (χ0v) is 22.2. The SMILES string of the molecule is CNCC(O)COc1cccc(-c2nc(-c3c(C)noc3C)cc(N3CC4CC3CN4S(C)(=O)=O)n2)c1. The molecule has 3 aromatic rings. The van der Waals surface area contributed by atoms with Gasteiger partial charge in [-0.05, 0) is 39.4 Å². The highest BCUT2D eigenvalue weighted by atomic mass is 32.2. The molecule has 2 aliphatic heterocycles. The Morgan fingerprint density at radius 2 is 2.03 bits per heavy atom. The molecule has 0 radical (unpaired) electrons. The number of nitrogens with zero attached hydrogens (tertiary/aromatic N) is 5. The van der Waals surface area contributed by atoms with E-state index in [2.05, 4.69) is 15.4 Å². The number of aliphatic hydroxyl groups is 1. The highest BCUT2D eigenvalue weighted by molar-refractivity contribution is 7.88. The number of aryl methyl sites for hydroxylation is 2. The van der Waals surface area contributed by atoms with E-state index in [0.717, 1.165) is 29.1 Å². The normalized spacial score (nSPS) is 20.5. The standard InChI is InChI=1S/C25H32N6O5S/c1-15-24(16(2)36-29-15)22-10-23(30-12-19-9-18(30)13-31(19)37(4,33)34)28-25(27-22)17-6-5-7-21(8-17)35-14-20(32)11-26-3/h5-8,10,18-20,26,32H,9,11-14H2,1-4H3. The Morgan fingerprint density at radius 1 is 1.22 bits per heavy atom. The van der Waals surface area contributed by atoms with Crippen LogP contribution in [0.15, 0.2) is 34.9 Å². The van der Waals surface area contributed by atoms with Crippen molar-refractivity contribution in [2.45, 2.75) is 38.5 Å². The summed E-state index contributed by atoms with van der Waals surface area (Å²) in [5.41, 5.74) is 3.00. The van der Waals surface area contributed by atoms with Gasteiger partial charge in [0.15, 0.2) is 5.82 Å². The van der Waals surface area contributed by atoms with E-state index in [1.54, 1.807) is 11.4 Å². The number of hydrogen-bond donors (Lipinski definition) is 2. The summed E-state index contributed by atoms with van der Waals surface area (Å²) in [4.78, 5) is 11.9. The molecule has 2 aliphatic rings. The molecule has 11 nitrogen and oxygen atoms in total. The lowest BCUT2D eigenvalue weighted by molar-refractivity contribution is 0.108. The van der Waals surface area contributed by atoms with Crippen molar-refractivity contribution in [2.75, 3.05) is 44.4 Å². The number of aliphatic hydroxyl groups excluding tert-OH is 1. The fourth-order valence-electron chi connectivity index (χ4n) is 5.22. The lowest BCUT2D eigenvalue weighted by Gasteiger charge is -2.33. The molecular formula is C25H32N6O5S. The van der Waals surface area contributed by atoms with Crippen LogP contribution >= 0.6 is 0 Å². The number of benzene rings is 1. The van der Waals surface area contributed by atoms with Gasteiger partial charge in [0.25, 0.3) is 0 Å². The molecule has 2 bridgehead atoms. The largest absolute Gasteiger partial charge is 0.491 e. The summed E-state index contributed by atoms with van der Waals surface area (Å²) in [7, 11) is -1.47. The highest BCUT2D eigenvalue weighted by Gasteiger charge is 2.47. The van der Waals surface area contributed by atoms with Crippen molar-refractivity contribution in [3.05, 3.63) is 41.8 Å². The van der Waals surface area contributed by atoms with Gasteiger partial charge < -0.3 is 24.6 Å². The van der Waals surface area contributed by atoms with Gasteiger partial charge in [0.1, 0.15) is 30.0 Å². The third-order valence-corrected chi connectivity index (χ3v) is 8.19. The number of anilines is 1. The zero-order valence-electron chi connectivity index (χ0n) is 21.4. The minimum Gasteiger partial charge on any atom is -0.491 e. The van der Waals surface area contributed by atoms with Crippen LogP contribution in [0.5, 0.6) is 5.75 Å². The quantitative estimate of drug-likeness (QED) is 0.422. The van der Waals surface area contributed by atoms with Crippen LogP contribution in [0.2, 0.25) is 0 Å². The first-order chi connectivity index (χ1) is 17.6. The van der Waals surface area contributed by atoms with Gasteiger partial charge in [-0.25, -0.2) is 18.4 Å². The zero-order chi connectivity index (χ0) is 26.3. The van der Waals surface area contributed by atoms with Crippen molar-refractivity contribution >= 4 is 15.8 Å². The summed E-state index contributed by atoms with van der Waals surface area (Å²) in [6.07, 6.45) is 1.41. The summed E-state index contributed by atoms with van der Waals surface area (Å²) in [5, 5.41) is 17.0. The number of likely N-dealkylation sites (N-methyl/N-ethyl adjacent to an activating group) is 1. The molecule has 0 aliphatic carbocycles. The Balaban J connectivity index is 1.50. The Morgan fingerprint density at radius 3 is 2.68 bits per heavy atom. The third-order valence-electron chi connectivity index (χ3n) is 6.89. The van der Waals surface area contributed by atoms with Crippen LogP contribution in [0.1, 0.15) is 17.9 Å². The van der Waals surface area contributed by atoms with Gasteiger partial charge in [-0.2, -0.15) is 4.31 Å². The second-order valence-electron chi connectivity index (χ2n) is 9.71. The van der Waals surface area contributed by atoms with Crippen LogP contribution in [-0.2, 0) is 10.0 Å². The molecule has 37 heavy (non-hydrogen) atoms. The van der Waals surface area contributed by atoms with E-state index in [-0.39, 0.29) is 18.7 Å². The molecule has 12 heteroatoms. The summed E-state index contributed by atoms with van der Waals surface area (Å²) in [5.74, 6) is 2.51. The topological polar surface area (TPSA) is 134 Å². The number of piperazine rings is 1. The third kappa shape index (κ3) is 5.19. The van der Waals surface area contributed by atoms with Gasteiger partial charge in [0, 0.05) is 43.3 Å². The van der Waals surface area contributed by atoms with Gasteiger partial charge in [0.2, 0.25) is 10.0 Å². The van der Waals surface area contributed by atoms with E-state index in [9.17, 15) is 13.5 Å². The highest BCUT2D eigenvalue weighted by Crippen LogP contribution is 2.38. The molecule has 2 saturated heterocycles. The molecular weight excluding hydrogens is 496 g/mol. The molecule has 2 fully saturated rings. The maximum Gasteiger partial charge on any atom is 0.211 e. The summed E-state index contributed by atoms with van der Waals surface area (Å²) >= 11 is 0.